The molecule has 2 aliphatic carbocycles. The molecule has 1 aromatic heterocycles. The highest BCUT2D eigenvalue weighted by molar-refractivity contribution is 5.92. The monoisotopic (exact) mass is 417 g/mol. The third-order valence-electron chi connectivity index (χ3n) is 8.00. The summed E-state index contributed by atoms with van der Waals surface area (Å²) in [6.07, 6.45) is 4.88. The predicted molar refractivity (Wildman–Crippen MR) is 107 cm³/mol. The lowest BCUT2D eigenvalue weighted by molar-refractivity contribution is -0.203. The number of furan rings is 1. The van der Waals surface area contributed by atoms with Crippen LogP contribution in [-0.2, 0) is 23.9 Å². The van der Waals surface area contributed by atoms with E-state index in [1.54, 1.807) is 18.6 Å². The Morgan fingerprint density at radius 2 is 2.07 bits per heavy atom. The van der Waals surface area contributed by atoms with E-state index in [9.17, 15) is 14.4 Å². The van der Waals surface area contributed by atoms with Gasteiger partial charge in [-0.05, 0) is 49.1 Å². The number of ether oxygens (including phenoxy) is 2. The molecular weight excluding hydrogens is 386 g/mol. The van der Waals surface area contributed by atoms with Gasteiger partial charge in [0.1, 0.15) is 6.10 Å². The molecule has 1 aliphatic heterocycles. The van der Waals surface area contributed by atoms with Crippen LogP contribution in [0.1, 0.15) is 58.1 Å². The highest BCUT2D eigenvalue weighted by Crippen LogP contribution is 2.64. The Bertz CT molecular complexity index is 835. The molecule has 164 valence electrons. The van der Waals surface area contributed by atoms with E-state index >= 15 is 0 Å². The van der Waals surface area contributed by atoms with Crippen LogP contribution >= 0.6 is 0 Å². The summed E-state index contributed by atoms with van der Waals surface area (Å²) in [5.74, 6) is -1.62. The maximum Gasteiger partial charge on any atom is 0.310 e. The Labute approximate surface area is 176 Å². The van der Waals surface area contributed by atoms with Gasteiger partial charge in [0.15, 0.2) is 5.78 Å². The van der Waals surface area contributed by atoms with E-state index in [2.05, 4.69) is 5.32 Å². The maximum absolute atomic E-state index is 13.8. The van der Waals surface area contributed by atoms with Crippen LogP contribution in [0.15, 0.2) is 23.0 Å². The molecule has 7 heteroatoms. The van der Waals surface area contributed by atoms with Gasteiger partial charge in [-0.2, -0.15) is 0 Å². The van der Waals surface area contributed by atoms with Gasteiger partial charge in [0, 0.05) is 11.5 Å². The van der Waals surface area contributed by atoms with Crippen LogP contribution in [0.5, 0.6) is 0 Å². The Hall–Kier alpha value is -2.15. The molecule has 4 rings (SSSR count). The summed E-state index contributed by atoms with van der Waals surface area (Å²) >= 11 is 0. The first-order chi connectivity index (χ1) is 14.3. The number of hydrogen-bond donors (Lipinski definition) is 1. The molecule has 1 saturated heterocycles. The first-order valence-electron chi connectivity index (χ1n) is 10.8. The molecule has 30 heavy (non-hydrogen) atoms. The van der Waals surface area contributed by atoms with Crippen molar-refractivity contribution in [3.8, 4) is 0 Å². The highest BCUT2D eigenvalue weighted by atomic mass is 16.5. The topological polar surface area (TPSA) is 94.8 Å². The van der Waals surface area contributed by atoms with E-state index in [-0.39, 0.29) is 23.6 Å². The summed E-state index contributed by atoms with van der Waals surface area (Å²) in [7, 11) is 1.40. The number of rotatable bonds is 4. The van der Waals surface area contributed by atoms with Crippen LogP contribution in [0.3, 0.4) is 0 Å². The molecule has 7 atom stereocenters. The molecule has 0 amide bonds. The standard InChI is InChI=1S/C23H31NO6/c1-5-24-16-10-15(20(26)28-4)22(2)8-6-14-21(27)30-17(13-7-9-29-12-13)11-23(14,3)19(22)18(16)25/h7,9,12,14-17,19,24H,5-6,8,10-11H2,1-4H3/t14?,15-,16+,17-,19?,22-,23-/m0/s1. The van der Waals surface area contributed by atoms with E-state index in [0.717, 1.165) is 5.56 Å². The number of ketones is 1. The number of methoxy groups -OCH3 is 1. The van der Waals surface area contributed by atoms with E-state index in [4.69, 9.17) is 13.9 Å². The van der Waals surface area contributed by atoms with Crippen LogP contribution in [0, 0.1) is 28.6 Å². The van der Waals surface area contributed by atoms with E-state index in [1.165, 1.54) is 7.11 Å². The van der Waals surface area contributed by atoms with Crippen molar-refractivity contribution in [1.82, 2.24) is 5.32 Å². The summed E-state index contributed by atoms with van der Waals surface area (Å²) in [6.45, 7) is 6.65. The van der Waals surface area contributed by atoms with Gasteiger partial charge in [-0.25, -0.2) is 0 Å². The minimum absolute atomic E-state index is 0.104. The quantitative estimate of drug-likeness (QED) is 0.753. The highest BCUT2D eigenvalue weighted by Gasteiger charge is 2.67. The van der Waals surface area contributed by atoms with Crippen molar-refractivity contribution >= 4 is 17.7 Å². The van der Waals surface area contributed by atoms with Crippen LogP contribution in [0.2, 0.25) is 0 Å². The molecule has 0 spiro atoms. The number of carbonyl (C=O) groups is 3. The average molecular weight is 418 g/mol. The number of likely N-dealkylation sites (N-methyl/N-ethyl adjacent to an activating group) is 1. The first kappa shape index (κ1) is 21.1. The van der Waals surface area contributed by atoms with Crippen LogP contribution in [0.25, 0.3) is 0 Å². The molecule has 3 fully saturated rings. The third-order valence-corrected chi connectivity index (χ3v) is 8.00. The Morgan fingerprint density at radius 3 is 2.70 bits per heavy atom. The number of esters is 2. The molecule has 1 aromatic rings. The van der Waals surface area contributed by atoms with Crippen LogP contribution in [0.4, 0.5) is 0 Å². The van der Waals surface area contributed by atoms with Gasteiger partial charge in [-0.3, -0.25) is 14.4 Å². The van der Waals surface area contributed by atoms with Crippen molar-refractivity contribution in [2.24, 2.45) is 28.6 Å². The van der Waals surface area contributed by atoms with E-state index in [1.807, 2.05) is 20.8 Å². The summed E-state index contributed by atoms with van der Waals surface area (Å²) < 4.78 is 16.1. The molecule has 2 heterocycles. The fraction of sp³-hybridized carbons (Fsp3) is 0.696. The average Bonchev–Trinajstić information content (AvgIpc) is 3.23. The van der Waals surface area contributed by atoms with E-state index in [0.29, 0.717) is 32.2 Å². The lowest BCUT2D eigenvalue weighted by Gasteiger charge is -2.61. The van der Waals surface area contributed by atoms with E-state index < -0.39 is 34.8 Å². The largest absolute Gasteiger partial charge is 0.472 e. The number of carbonyl (C=O) groups excluding carboxylic acids is 3. The number of hydrogen-bond acceptors (Lipinski definition) is 7. The van der Waals surface area contributed by atoms with Crippen molar-refractivity contribution in [2.45, 2.75) is 58.6 Å². The zero-order chi connectivity index (χ0) is 21.7. The van der Waals surface area contributed by atoms with Crippen LogP contribution < -0.4 is 5.32 Å². The van der Waals surface area contributed by atoms with Crippen LogP contribution in [-0.4, -0.2) is 37.4 Å². The molecule has 2 unspecified atom stereocenters. The number of nitrogens with one attached hydrogen (secondary N) is 1. The Balaban J connectivity index is 1.79. The summed E-state index contributed by atoms with van der Waals surface area (Å²) in [5.41, 5.74) is -0.368. The maximum atomic E-state index is 13.8. The third kappa shape index (κ3) is 3.01. The second kappa shape index (κ2) is 7.52. The molecule has 0 aromatic carbocycles. The van der Waals surface area contributed by atoms with Crippen molar-refractivity contribution in [2.75, 3.05) is 13.7 Å². The van der Waals surface area contributed by atoms with Crippen molar-refractivity contribution < 1.29 is 28.3 Å². The number of fused-ring (bicyclic) bond motifs is 3. The van der Waals surface area contributed by atoms with Gasteiger partial charge >= 0.3 is 11.9 Å². The number of cyclic esters (lactones) is 1. The van der Waals surface area contributed by atoms with Gasteiger partial charge in [0.2, 0.25) is 0 Å². The summed E-state index contributed by atoms with van der Waals surface area (Å²) in [5, 5.41) is 3.27. The SMILES string of the molecule is CCN[C@@H]1C[C@@H](C(=O)OC)[C@]2(C)CCC3C(=O)O[C@H](c4ccoc4)C[C@]3(C)C2C1=O. The second-order valence-electron chi connectivity index (χ2n) is 9.55. The molecule has 2 saturated carbocycles. The molecule has 0 bridgehead atoms. The molecule has 3 aliphatic rings. The minimum Gasteiger partial charge on any atom is -0.472 e. The lowest BCUT2D eigenvalue weighted by Crippen LogP contribution is -2.66. The molecule has 7 nitrogen and oxygen atoms in total. The molecule has 0 radical (unpaired) electrons. The van der Waals surface area contributed by atoms with Crippen molar-refractivity contribution in [3.63, 3.8) is 0 Å². The van der Waals surface area contributed by atoms with Crippen molar-refractivity contribution in [1.29, 1.82) is 0 Å². The smallest absolute Gasteiger partial charge is 0.310 e. The first-order valence-corrected chi connectivity index (χ1v) is 10.8. The summed E-state index contributed by atoms with van der Waals surface area (Å²) in [6, 6.07) is 1.38. The van der Waals surface area contributed by atoms with Gasteiger partial charge in [-0.15, -0.1) is 0 Å². The van der Waals surface area contributed by atoms with Gasteiger partial charge < -0.3 is 19.2 Å². The van der Waals surface area contributed by atoms with Gasteiger partial charge in [0.25, 0.3) is 0 Å². The van der Waals surface area contributed by atoms with Crippen molar-refractivity contribution in [3.05, 3.63) is 24.2 Å². The van der Waals surface area contributed by atoms with Gasteiger partial charge in [-0.1, -0.05) is 20.8 Å². The second-order valence-corrected chi connectivity index (χ2v) is 9.55. The molecular formula is C23H31NO6. The van der Waals surface area contributed by atoms with Gasteiger partial charge in [0.05, 0.1) is 37.5 Å². The Morgan fingerprint density at radius 1 is 1.30 bits per heavy atom. The zero-order valence-electron chi connectivity index (χ0n) is 18.1. The predicted octanol–water partition coefficient (Wildman–Crippen LogP) is 3.05. The number of Topliss-reactive ketones (excluding diaryl/α,β-unsaturated/α-hetero) is 1. The fourth-order valence-electron chi connectivity index (χ4n) is 6.62. The normalized spacial score (nSPS) is 40.9. The molecule has 1 N–H and O–H groups in total. The zero-order valence-corrected chi connectivity index (χ0v) is 18.1. The summed E-state index contributed by atoms with van der Waals surface area (Å²) in [4.78, 5) is 39.6. The lowest BCUT2D eigenvalue weighted by atomic mass is 9.43. The fourth-order valence-corrected chi connectivity index (χ4v) is 6.62. The Kier molecular flexibility index (Phi) is 5.29. The minimum atomic E-state index is -0.609.